The van der Waals surface area contributed by atoms with Gasteiger partial charge in [-0.3, -0.25) is 4.79 Å². The second kappa shape index (κ2) is 7.71. The van der Waals surface area contributed by atoms with Crippen LogP contribution in [0.5, 0.6) is 5.75 Å². The van der Waals surface area contributed by atoms with E-state index in [0.29, 0.717) is 24.2 Å². The molecule has 0 aliphatic heterocycles. The molecule has 0 unspecified atom stereocenters. The van der Waals surface area contributed by atoms with E-state index < -0.39 is 0 Å². The molecular formula is C22H20N2O2. The minimum atomic E-state index is -0.195. The van der Waals surface area contributed by atoms with Crippen LogP contribution < -0.4 is 0 Å². The van der Waals surface area contributed by atoms with Crippen molar-refractivity contribution in [3.63, 3.8) is 0 Å². The molecule has 3 aromatic carbocycles. The van der Waals surface area contributed by atoms with Gasteiger partial charge in [0.1, 0.15) is 5.75 Å². The molecule has 0 radical (unpaired) electrons. The van der Waals surface area contributed by atoms with E-state index >= 15 is 0 Å². The van der Waals surface area contributed by atoms with Gasteiger partial charge in [-0.05, 0) is 47.0 Å². The number of hydrogen-bond acceptors (Lipinski definition) is 3. The standard InChI is InChI=1S/C22H20N2O2/c1-2-11-24(15-17-9-7-16(14-23)8-10-17)22(26)20-12-18-5-3-4-6-19(18)13-21(20)25/h3-10,12-13,25H,2,11,15H2,1H3. The molecule has 0 saturated carbocycles. The highest BCUT2D eigenvalue weighted by molar-refractivity contribution is 6.01. The number of rotatable bonds is 5. The zero-order valence-electron chi connectivity index (χ0n) is 14.6. The van der Waals surface area contributed by atoms with Crippen molar-refractivity contribution in [3.8, 4) is 11.8 Å². The summed E-state index contributed by atoms with van der Waals surface area (Å²) in [6, 6.07) is 20.3. The number of nitrogens with zero attached hydrogens (tertiary/aromatic N) is 2. The lowest BCUT2D eigenvalue weighted by Gasteiger charge is -2.23. The summed E-state index contributed by atoms with van der Waals surface area (Å²) in [6.45, 7) is 3.04. The zero-order chi connectivity index (χ0) is 18.5. The Morgan fingerprint density at radius 3 is 2.35 bits per heavy atom. The number of carbonyl (C=O) groups is 1. The van der Waals surface area contributed by atoms with Crippen molar-refractivity contribution in [1.29, 1.82) is 5.26 Å². The maximum atomic E-state index is 13.0. The number of nitriles is 1. The molecule has 0 aliphatic carbocycles. The van der Waals surface area contributed by atoms with Crippen molar-refractivity contribution in [2.45, 2.75) is 19.9 Å². The first-order valence-corrected chi connectivity index (χ1v) is 8.62. The molecule has 0 spiro atoms. The lowest BCUT2D eigenvalue weighted by atomic mass is 10.0. The van der Waals surface area contributed by atoms with E-state index in [4.69, 9.17) is 5.26 Å². The molecule has 1 N–H and O–H groups in total. The number of phenolic OH excluding ortho intramolecular Hbond substituents is 1. The molecule has 26 heavy (non-hydrogen) atoms. The lowest BCUT2D eigenvalue weighted by Crippen LogP contribution is -2.31. The Kier molecular flexibility index (Phi) is 5.19. The minimum Gasteiger partial charge on any atom is -0.507 e. The van der Waals surface area contributed by atoms with Crippen molar-refractivity contribution in [3.05, 3.63) is 77.4 Å². The van der Waals surface area contributed by atoms with Crippen LogP contribution in [0.3, 0.4) is 0 Å². The number of amides is 1. The molecule has 0 fully saturated rings. The normalized spacial score (nSPS) is 10.5. The van der Waals surface area contributed by atoms with Crippen LogP contribution in [0.4, 0.5) is 0 Å². The van der Waals surface area contributed by atoms with Gasteiger partial charge >= 0.3 is 0 Å². The Morgan fingerprint density at radius 2 is 1.73 bits per heavy atom. The van der Waals surface area contributed by atoms with Crippen LogP contribution in [0, 0.1) is 11.3 Å². The first kappa shape index (κ1) is 17.5. The van der Waals surface area contributed by atoms with E-state index in [0.717, 1.165) is 22.8 Å². The first-order chi connectivity index (χ1) is 12.6. The second-order valence-electron chi connectivity index (χ2n) is 6.25. The average molecular weight is 344 g/mol. The van der Waals surface area contributed by atoms with Gasteiger partial charge in [0.05, 0.1) is 17.2 Å². The summed E-state index contributed by atoms with van der Waals surface area (Å²) < 4.78 is 0. The number of aromatic hydroxyl groups is 1. The number of benzene rings is 3. The predicted molar refractivity (Wildman–Crippen MR) is 102 cm³/mol. The summed E-state index contributed by atoms with van der Waals surface area (Å²) in [5, 5.41) is 21.1. The van der Waals surface area contributed by atoms with Crippen LogP contribution >= 0.6 is 0 Å². The van der Waals surface area contributed by atoms with Gasteiger partial charge in [-0.15, -0.1) is 0 Å². The summed E-state index contributed by atoms with van der Waals surface area (Å²) in [5.41, 5.74) is 1.85. The monoisotopic (exact) mass is 344 g/mol. The molecule has 0 aliphatic rings. The fourth-order valence-corrected chi connectivity index (χ4v) is 3.00. The largest absolute Gasteiger partial charge is 0.507 e. The summed E-state index contributed by atoms with van der Waals surface area (Å²) in [4.78, 5) is 14.8. The highest BCUT2D eigenvalue weighted by atomic mass is 16.3. The van der Waals surface area contributed by atoms with Crippen LogP contribution in [0.1, 0.15) is 34.8 Å². The third-order valence-electron chi connectivity index (χ3n) is 4.33. The fourth-order valence-electron chi connectivity index (χ4n) is 3.00. The van der Waals surface area contributed by atoms with E-state index in [9.17, 15) is 9.90 Å². The van der Waals surface area contributed by atoms with Gasteiger partial charge in [0.2, 0.25) is 0 Å². The van der Waals surface area contributed by atoms with E-state index in [1.165, 1.54) is 0 Å². The van der Waals surface area contributed by atoms with Crippen molar-refractivity contribution < 1.29 is 9.90 Å². The molecular weight excluding hydrogens is 324 g/mol. The summed E-state index contributed by atoms with van der Waals surface area (Å²) >= 11 is 0. The topological polar surface area (TPSA) is 64.3 Å². The quantitative estimate of drug-likeness (QED) is 0.743. The third-order valence-corrected chi connectivity index (χ3v) is 4.33. The van der Waals surface area contributed by atoms with Crippen molar-refractivity contribution >= 4 is 16.7 Å². The predicted octanol–water partition coefficient (Wildman–Crippen LogP) is 4.47. The lowest BCUT2D eigenvalue weighted by molar-refractivity contribution is 0.0740. The third kappa shape index (κ3) is 3.68. The van der Waals surface area contributed by atoms with Crippen molar-refractivity contribution in [1.82, 2.24) is 4.90 Å². The SMILES string of the molecule is CCCN(Cc1ccc(C#N)cc1)C(=O)c1cc2ccccc2cc1O. The molecule has 130 valence electrons. The second-order valence-corrected chi connectivity index (χ2v) is 6.25. The van der Waals surface area contributed by atoms with Crippen molar-refractivity contribution in [2.75, 3.05) is 6.54 Å². The van der Waals surface area contributed by atoms with Gasteiger partial charge in [-0.2, -0.15) is 5.26 Å². The van der Waals surface area contributed by atoms with Crippen LogP contribution in [0.25, 0.3) is 10.8 Å². The van der Waals surface area contributed by atoms with Gasteiger partial charge in [-0.25, -0.2) is 0 Å². The van der Waals surface area contributed by atoms with Gasteiger partial charge in [0.25, 0.3) is 5.91 Å². The molecule has 4 heteroatoms. The maximum Gasteiger partial charge on any atom is 0.257 e. The van der Waals surface area contributed by atoms with E-state index in [-0.39, 0.29) is 11.7 Å². The molecule has 4 nitrogen and oxygen atoms in total. The molecule has 3 rings (SSSR count). The molecule has 0 saturated heterocycles. The Hall–Kier alpha value is -3.32. The van der Waals surface area contributed by atoms with Gasteiger partial charge < -0.3 is 10.0 Å². The Bertz CT molecular complexity index is 972. The summed E-state index contributed by atoms with van der Waals surface area (Å²) in [5.74, 6) is -0.200. The highest BCUT2D eigenvalue weighted by Crippen LogP contribution is 2.26. The molecule has 0 heterocycles. The van der Waals surface area contributed by atoms with Crippen LogP contribution in [0.2, 0.25) is 0 Å². The van der Waals surface area contributed by atoms with Crippen LogP contribution in [-0.2, 0) is 6.54 Å². The van der Waals surface area contributed by atoms with Gasteiger partial charge in [0.15, 0.2) is 0 Å². The molecule has 0 atom stereocenters. The number of hydrogen-bond donors (Lipinski definition) is 1. The first-order valence-electron chi connectivity index (χ1n) is 8.62. The Morgan fingerprint density at radius 1 is 1.08 bits per heavy atom. The minimum absolute atomic E-state index is 0.00497. The van der Waals surface area contributed by atoms with Gasteiger partial charge in [0, 0.05) is 13.1 Å². The number of fused-ring (bicyclic) bond motifs is 1. The molecule has 0 aromatic heterocycles. The van der Waals surface area contributed by atoms with Crippen LogP contribution in [-0.4, -0.2) is 22.5 Å². The number of carbonyl (C=O) groups excluding carboxylic acids is 1. The van der Waals surface area contributed by atoms with E-state index in [2.05, 4.69) is 6.07 Å². The summed E-state index contributed by atoms with van der Waals surface area (Å²) in [7, 11) is 0. The fraction of sp³-hybridized carbons (Fsp3) is 0.182. The maximum absolute atomic E-state index is 13.0. The smallest absolute Gasteiger partial charge is 0.257 e. The van der Waals surface area contributed by atoms with E-state index in [1.807, 2.05) is 43.3 Å². The van der Waals surface area contributed by atoms with Crippen molar-refractivity contribution in [2.24, 2.45) is 0 Å². The molecule has 0 bridgehead atoms. The molecule has 1 amide bonds. The van der Waals surface area contributed by atoms with E-state index in [1.54, 1.807) is 29.2 Å². The van der Waals surface area contributed by atoms with Crippen LogP contribution in [0.15, 0.2) is 60.7 Å². The Labute approximate surface area is 152 Å². The zero-order valence-corrected chi connectivity index (χ0v) is 14.6. The summed E-state index contributed by atoms with van der Waals surface area (Å²) in [6.07, 6.45) is 0.816. The Balaban J connectivity index is 1.90. The highest BCUT2D eigenvalue weighted by Gasteiger charge is 2.19. The number of phenols is 1. The van der Waals surface area contributed by atoms with Gasteiger partial charge in [-0.1, -0.05) is 43.3 Å². The molecule has 3 aromatic rings. The average Bonchev–Trinajstić information content (AvgIpc) is 2.67.